The Morgan fingerprint density at radius 3 is 2.60 bits per heavy atom. The van der Waals surface area contributed by atoms with Gasteiger partial charge in [0.25, 0.3) is 5.91 Å². The number of nitrogens with two attached hydrogens (primary N) is 2. The zero-order chi connectivity index (χ0) is 14.9. The van der Waals surface area contributed by atoms with Crippen LogP contribution in [0.5, 0.6) is 0 Å². The molecule has 0 atom stereocenters. The van der Waals surface area contributed by atoms with Crippen molar-refractivity contribution in [3.63, 3.8) is 0 Å². The molecule has 0 unspecified atom stereocenters. The number of carbonyl (C=O) groups is 1. The maximum atomic E-state index is 11.7. The highest BCUT2D eigenvalue weighted by Gasteiger charge is 2.19. The van der Waals surface area contributed by atoms with Crippen LogP contribution in [0.3, 0.4) is 0 Å². The summed E-state index contributed by atoms with van der Waals surface area (Å²) in [4.78, 5) is 11.7. The molecule has 0 spiro atoms. The van der Waals surface area contributed by atoms with Crippen molar-refractivity contribution < 1.29 is 4.79 Å². The number of amides is 1. The van der Waals surface area contributed by atoms with Crippen molar-refractivity contribution in [2.45, 2.75) is 26.7 Å². The molecule has 1 heterocycles. The van der Waals surface area contributed by atoms with Gasteiger partial charge in [0.15, 0.2) is 0 Å². The third-order valence-corrected chi connectivity index (χ3v) is 3.89. The highest BCUT2D eigenvalue weighted by molar-refractivity contribution is 9.10. The summed E-state index contributed by atoms with van der Waals surface area (Å²) >= 11 is 3.36. The van der Waals surface area contributed by atoms with Crippen LogP contribution in [0.15, 0.2) is 22.7 Å². The predicted octanol–water partition coefficient (Wildman–Crippen LogP) is 2.44. The molecule has 0 aliphatic heterocycles. The van der Waals surface area contributed by atoms with Crippen LogP contribution in [0.1, 0.15) is 35.6 Å². The van der Waals surface area contributed by atoms with Crippen LogP contribution in [-0.4, -0.2) is 15.7 Å². The van der Waals surface area contributed by atoms with E-state index in [4.69, 9.17) is 11.5 Å². The van der Waals surface area contributed by atoms with Crippen LogP contribution in [0.2, 0.25) is 0 Å². The first-order valence-corrected chi connectivity index (χ1v) is 7.25. The fourth-order valence-electron chi connectivity index (χ4n) is 2.25. The Labute approximate surface area is 126 Å². The van der Waals surface area contributed by atoms with Gasteiger partial charge < -0.3 is 11.5 Å². The summed E-state index contributed by atoms with van der Waals surface area (Å²) in [5.41, 5.74) is 15.1. The topological polar surface area (TPSA) is 86.9 Å². The van der Waals surface area contributed by atoms with E-state index in [1.165, 1.54) is 0 Å². The third kappa shape index (κ3) is 2.31. The molecule has 0 saturated heterocycles. The van der Waals surface area contributed by atoms with Gasteiger partial charge in [0.2, 0.25) is 0 Å². The molecule has 1 amide bonds. The molecule has 2 aromatic rings. The Balaban J connectivity index is 2.75. The summed E-state index contributed by atoms with van der Waals surface area (Å²) < 4.78 is 2.37. The van der Waals surface area contributed by atoms with E-state index in [0.717, 1.165) is 24.2 Å². The number of hydrogen-bond acceptors (Lipinski definition) is 3. The minimum Gasteiger partial charge on any atom is -0.396 e. The van der Waals surface area contributed by atoms with Gasteiger partial charge in [-0.25, -0.2) is 4.68 Å². The van der Waals surface area contributed by atoms with Gasteiger partial charge in [0, 0.05) is 4.47 Å². The summed E-state index contributed by atoms with van der Waals surface area (Å²) in [5.74, 6) is -0.498. The standard InChI is InChI=1S/C14H17BrN4O/c1-3-9-13(16)10(4-2)19(18-9)11-7-5-6-8(15)12(11)14(17)20/h5-7H,3-4,16H2,1-2H3,(H2,17,20). The highest BCUT2D eigenvalue weighted by Crippen LogP contribution is 2.27. The van der Waals surface area contributed by atoms with Crippen LogP contribution in [-0.2, 0) is 12.8 Å². The second kappa shape index (κ2) is 5.66. The number of aromatic nitrogens is 2. The SMILES string of the molecule is CCc1nn(-c2cccc(Br)c2C(N)=O)c(CC)c1N. The third-order valence-electron chi connectivity index (χ3n) is 3.23. The van der Waals surface area contributed by atoms with Crippen LogP contribution < -0.4 is 11.5 Å². The molecular weight excluding hydrogens is 320 g/mol. The summed E-state index contributed by atoms with van der Waals surface area (Å²) in [6, 6.07) is 5.44. The van der Waals surface area contributed by atoms with Gasteiger partial charge in [-0.05, 0) is 40.9 Å². The van der Waals surface area contributed by atoms with Gasteiger partial charge in [0.05, 0.1) is 28.3 Å². The largest absolute Gasteiger partial charge is 0.396 e. The molecule has 0 aliphatic rings. The number of carbonyl (C=O) groups excluding carboxylic acids is 1. The Morgan fingerprint density at radius 1 is 1.35 bits per heavy atom. The number of hydrogen-bond donors (Lipinski definition) is 2. The van der Waals surface area contributed by atoms with Gasteiger partial charge in [-0.15, -0.1) is 0 Å². The lowest BCUT2D eigenvalue weighted by Crippen LogP contribution is -2.17. The van der Waals surface area contributed by atoms with Crippen molar-refractivity contribution in [1.82, 2.24) is 9.78 Å². The summed E-state index contributed by atoms with van der Waals surface area (Å²) in [5, 5.41) is 4.52. The molecule has 6 heteroatoms. The fraction of sp³-hybridized carbons (Fsp3) is 0.286. The Morgan fingerprint density at radius 2 is 2.05 bits per heavy atom. The summed E-state index contributed by atoms with van der Waals surface area (Å²) in [6.07, 6.45) is 1.47. The van der Waals surface area contributed by atoms with Crippen molar-refractivity contribution in [1.29, 1.82) is 0 Å². The maximum Gasteiger partial charge on any atom is 0.252 e. The van der Waals surface area contributed by atoms with E-state index in [2.05, 4.69) is 21.0 Å². The number of primary amides is 1. The summed E-state index contributed by atoms with van der Waals surface area (Å²) in [6.45, 7) is 4.00. The smallest absolute Gasteiger partial charge is 0.252 e. The van der Waals surface area contributed by atoms with E-state index < -0.39 is 5.91 Å². The van der Waals surface area contributed by atoms with E-state index in [1.54, 1.807) is 10.7 Å². The molecular formula is C14H17BrN4O. The van der Waals surface area contributed by atoms with E-state index in [9.17, 15) is 4.79 Å². The second-order valence-corrected chi connectivity index (χ2v) is 5.28. The van der Waals surface area contributed by atoms with E-state index in [0.29, 0.717) is 21.4 Å². The molecule has 0 bridgehead atoms. The van der Waals surface area contributed by atoms with Crippen LogP contribution in [0, 0.1) is 0 Å². The molecule has 0 fully saturated rings. The Bertz CT molecular complexity index is 663. The van der Waals surface area contributed by atoms with Crippen molar-refractivity contribution in [2.24, 2.45) is 5.73 Å². The van der Waals surface area contributed by atoms with Crippen LogP contribution in [0.25, 0.3) is 5.69 Å². The lowest BCUT2D eigenvalue weighted by molar-refractivity contribution is 0.0999. The number of anilines is 1. The molecule has 4 N–H and O–H groups in total. The number of halogens is 1. The average molecular weight is 337 g/mol. The first-order chi connectivity index (χ1) is 9.51. The molecule has 106 valence electrons. The number of nitrogen functional groups attached to an aromatic ring is 1. The molecule has 2 rings (SSSR count). The Kier molecular flexibility index (Phi) is 4.13. The van der Waals surface area contributed by atoms with Crippen molar-refractivity contribution >= 4 is 27.5 Å². The first-order valence-electron chi connectivity index (χ1n) is 6.46. The Hall–Kier alpha value is -1.82. The number of benzene rings is 1. The second-order valence-electron chi connectivity index (χ2n) is 4.42. The lowest BCUT2D eigenvalue weighted by atomic mass is 10.1. The highest BCUT2D eigenvalue weighted by atomic mass is 79.9. The zero-order valence-electron chi connectivity index (χ0n) is 11.5. The maximum absolute atomic E-state index is 11.7. The van der Waals surface area contributed by atoms with Gasteiger partial charge in [-0.2, -0.15) is 5.10 Å². The molecule has 1 aromatic carbocycles. The molecule has 20 heavy (non-hydrogen) atoms. The molecule has 5 nitrogen and oxygen atoms in total. The monoisotopic (exact) mass is 336 g/mol. The lowest BCUT2D eigenvalue weighted by Gasteiger charge is -2.11. The van der Waals surface area contributed by atoms with Gasteiger partial charge in [-0.3, -0.25) is 4.79 Å². The van der Waals surface area contributed by atoms with Gasteiger partial charge in [-0.1, -0.05) is 19.9 Å². The quantitative estimate of drug-likeness (QED) is 0.898. The summed E-state index contributed by atoms with van der Waals surface area (Å²) in [7, 11) is 0. The van der Waals surface area contributed by atoms with Gasteiger partial charge in [0.1, 0.15) is 0 Å². The predicted molar refractivity (Wildman–Crippen MR) is 83.0 cm³/mol. The van der Waals surface area contributed by atoms with Crippen molar-refractivity contribution in [3.8, 4) is 5.69 Å². The molecule has 0 saturated carbocycles. The van der Waals surface area contributed by atoms with E-state index >= 15 is 0 Å². The zero-order valence-corrected chi connectivity index (χ0v) is 13.1. The van der Waals surface area contributed by atoms with Crippen LogP contribution in [0.4, 0.5) is 5.69 Å². The van der Waals surface area contributed by atoms with Crippen LogP contribution >= 0.6 is 15.9 Å². The molecule has 0 radical (unpaired) electrons. The first kappa shape index (κ1) is 14.6. The minimum absolute atomic E-state index is 0.410. The normalized spacial score (nSPS) is 10.8. The van der Waals surface area contributed by atoms with Crippen molar-refractivity contribution in [2.75, 3.05) is 5.73 Å². The average Bonchev–Trinajstić information content (AvgIpc) is 2.74. The number of rotatable bonds is 4. The number of aryl methyl sites for hydroxylation is 1. The fourth-order valence-corrected chi connectivity index (χ4v) is 2.80. The number of nitrogens with zero attached hydrogens (tertiary/aromatic N) is 2. The molecule has 0 aliphatic carbocycles. The van der Waals surface area contributed by atoms with Gasteiger partial charge >= 0.3 is 0 Å². The van der Waals surface area contributed by atoms with Crippen molar-refractivity contribution in [3.05, 3.63) is 39.6 Å². The van der Waals surface area contributed by atoms with E-state index in [-0.39, 0.29) is 0 Å². The minimum atomic E-state index is -0.498. The molecule has 1 aromatic heterocycles. The van der Waals surface area contributed by atoms with E-state index in [1.807, 2.05) is 26.0 Å².